The summed E-state index contributed by atoms with van der Waals surface area (Å²) in [6.07, 6.45) is 2.23. The van der Waals surface area contributed by atoms with Gasteiger partial charge in [-0.1, -0.05) is 36.1 Å². The Balaban J connectivity index is -0.000000238. The second-order valence-electron chi connectivity index (χ2n) is 9.38. The molecule has 0 aliphatic carbocycles. The number of guanidine groups is 2. The minimum atomic E-state index is -1.08. The number of carbonyl (C=O) groups excluding carboxylic acids is 2. The molecule has 1 heterocycles. The number of piperazine rings is 1. The number of nitrogens with zero attached hydrogens (tertiary/aromatic N) is 4. The van der Waals surface area contributed by atoms with Crippen molar-refractivity contribution in [1.29, 1.82) is 0 Å². The number of unbranched alkanes of at least 4 members (excludes halogenated alkanes) is 1. The van der Waals surface area contributed by atoms with E-state index in [1.165, 1.54) is 43.6 Å². The molecule has 0 aromatic heterocycles. The molecule has 0 bridgehead atoms. The van der Waals surface area contributed by atoms with E-state index in [1.807, 2.05) is 0 Å². The molecule has 212 valence electrons. The van der Waals surface area contributed by atoms with Crippen LogP contribution in [-0.4, -0.2) is 99.8 Å². The normalized spacial score (nSPS) is 15.9. The summed E-state index contributed by atoms with van der Waals surface area (Å²) in [5, 5.41) is 20.6. The van der Waals surface area contributed by atoms with Gasteiger partial charge in [0.2, 0.25) is 0 Å². The molecule has 5 N–H and O–H groups in total. The van der Waals surface area contributed by atoms with E-state index in [0.29, 0.717) is 24.4 Å². The first-order valence-electron chi connectivity index (χ1n) is 11.0. The van der Waals surface area contributed by atoms with Crippen molar-refractivity contribution in [3.63, 3.8) is 0 Å². The summed E-state index contributed by atoms with van der Waals surface area (Å²) in [7, 11) is 7.03. The third-order valence-electron chi connectivity index (χ3n) is 4.76. The van der Waals surface area contributed by atoms with E-state index < -0.39 is 11.9 Å². The Bertz CT molecular complexity index is 591. The second kappa shape index (κ2) is 22.1. The molecular weight excluding hydrogens is 450 g/mol. The molecule has 1 aliphatic rings. The molecule has 1 rings (SSSR count). The Morgan fingerprint density at radius 3 is 1.66 bits per heavy atom. The van der Waals surface area contributed by atoms with Gasteiger partial charge in [0.05, 0.1) is 27.7 Å². The molecule has 0 amide bonds. The zero-order valence-corrected chi connectivity index (χ0v) is 21.0. The number of hydrogen-bond acceptors (Lipinski definition) is 6. The molecule has 11 heteroatoms. The molecule has 0 atom stereocenters. The predicted octanol–water partition coefficient (Wildman–Crippen LogP) is -0.401. The lowest BCUT2D eigenvalue weighted by molar-refractivity contribution is -1.01. The average Bonchev–Trinajstić information content (AvgIpc) is 2.62. The van der Waals surface area contributed by atoms with Crippen molar-refractivity contribution in [1.82, 2.24) is 5.32 Å². The Labute approximate surface area is 215 Å². The van der Waals surface area contributed by atoms with Crippen molar-refractivity contribution in [3.8, 4) is 0 Å². The van der Waals surface area contributed by atoms with Gasteiger partial charge in [0.1, 0.15) is 26.2 Å². The van der Waals surface area contributed by atoms with E-state index in [-0.39, 0.29) is 22.3 Å². The Hall–Kier alpha value is -2.40. The van der Waals surface area contributed by atoms with Gasteiger partial charge in [-0.15, -0.1) is 0 Å². The van der Waals surface area contributed by atoms with E-state index in [9.17, 15) is 0 Å². The Morgan fingerprint density at radius 2 is 1.26 bits per heavy atom. The molecule has 0 aromatic carbocycles. The third kappa shape index (κ3) is 31.6. The van der Waals surface area contributed by atoms with Crippen molar-refractivity contribution < 1.29 is 28.8 Å². The van der Waals surface area contributed by atoms with Crippen LogP contribution in [0.2, 0.25) is 0 Å². The number of hydrogen-bond donors (Lipinski definition) is 3. The summed E-state index contributed by atoms with van der Waals surface area (Å²) in [5.74, 6) is -0.985. The van der Waals surface area contributed by atoms with E-state index in [4.69, 9.17) is 31.3 Å². The fourth-order valence-electron chi connectivity index (χ4n) is 2.77. The largest absolute Gasteiger partial charge is 0.550 e. The number of carbonyl (C=O) groups is 2. The Kier molecular flexibility index (Phi) is 27.0. The highest BCUT2D eigenvalue weighted by molar-refractivity contribution is 5.97. The molecule has 0 saturated carbocycles. The number of likely N-dealkylation sites (N-methyl/N-ethyl adjacent to an activating group) is 2. The number of rotatable bonds is 7. The molecule has 1 aliphatic heterocycles. The molecule has 1 fully saturated rings. The number of aliphatic carboxylic acids is 2. The zero-order valence-electron chi connectivity index (χ0n) is 21.0. The van der Waals surface area contributed by atoms with Crippen LogP contribution in [0.4, 0.5) is 0 Å². The number of carboxylic acid groups (broad SMARTS) is 2. The highest BCUT2D eigenvalue weighted by Gasteiger charge is 2.33. The van der Waals surface area contributed by atoms with Crippen molar-refractivity contribution >= 4 is 23.9 Å². The van der Waals surface area contributed by atoms with E-state index >= 15 is 0 Å². The van der Waals surface area contributed by atoms with Gasteiger partial charge in [0, 0.05) is 25.0 Å². The van der Waals surface area contributed by atoms with Crippen LogP contribution in [-0.2, 0) is 9.59 Å². The molecule has 0 aromatic rings. The van der Waals surface area contributed by atoms with Gasteiger partial charge < -0.3 is 40.2 Å². The molecule has 0 spiro atoms. The van der Waals surface area contributed by atoms with Crippen molar-refractivity contribution in [2.24, 2.45) is 27.4 Å². The summed E-state index contributed by atoms with van der Waals surface area (Å²) >= 11 is 0. The number of carboxylic acids is 2. The van der Waals surface area contributed by atoms with E-state index in [0.717, 1.165) is 31.3 Å². The predicted molar refractivity (Wildman–Crippen MR) is 144 cm³/mol. The summed E-state index contributed by atoms with van der Waals surface area (Å²) in [5.41, 5.74) is 11.6. The summed E-state index contributed by atoms with van der Waals surface area (Å²) in [4.78, 5) is 26.3. The molecule has 0 radical (unpaired) electrons. The van der Waals surface area contributed by atoms with Crippen molar-refractivity contribution in [2.75, 3.05) is 67.0 Å². The first-order chi connectivity index (χ1) is 14.6. The van der Waals surface area contributed by atoms with Crippen LogP contribution in [0.1, 0.15) is 62.8 Å². The van der Waals surface area contributed by atoms with Crippen LogP contribution < -0.4 is 27.0 Å². The van der Waals surface area contributed by atoms with Crippen LogP contribution in [0.25, 0.3) is 0 Å². The number of nitrogens with one attached hydrogen (secondary N) is 1. The van der Waals surface area contributed by atoms with Gasteiger partial charge >= 0.3 is 0 Å². The molecule has 11 nitrogen and oxygen atoms in total. The molecule has 0 unspecified atom stereocenters. The van der Waals surface area contributed by atoms with Crippen LogP contribution >= 0.6 is 0 Å². The average molecular weight is 508 g/mol. The van der Waals surface area contributed by atoms with Crippen molar-refractivity contribution in [3.05, 3.63) is 0 Å². The number of nitrogens with two attached hydrogens (primary N) is 2. The minimum absolute atomic E-state index is 0. The second-order valence-corrected chi connectivity index (χ2v) is 9.38. The highest BCUT2D eigenvalue weighted by Crippen LogP contribution is 2.14. The lowest BCUT2D eigenvalue weighted by Crippen LogP contribution is -2.62. The van der Waals surface area contributed by atoms with Gasteiger partial charge in [-0.3, -0.25) is 15.3 Å². The monoisotopic (exact) mass is 507 g/mol. The third-order valence-corrected chi connectivity index (χ3v) is 4.76. The lowest BCUT2D eigenvalue weighted by atomic mass is 10.2. The maximum absolute atomic E-state index is 8.89. The van der Waals surface area contributed by atoms with Crippen LogP contribution in [0.5, 0.6) is 0 Å². The van der Waals surface area contributed by atoms with Gasteiger partial charge in [-0.25, -0.2) is 0 Å². The molecular formula is C24H57N7O4. The van der Waals surface area contributed by atoms with Crippen LogP contribution in [0.15, 0.2) is 9.98 Å². The zero-order chi connectivity index (χ0) is 25.4. The van der Waals surface area contributed by atoms with Gasteiger partial charge in [-0.2, -0.15) is 0 Å². The summed E-state index contributed by atoms with van der Waals surface area (Å²) in [6.45, 7) is 13.8. The van der Waals surface area contributed by atoms with Crippen molar-refractivity contribution in [2.45, 2.75) is 62.8 Å². The van der Waals surface area contributed by atoms with E-state index in [2.05, 4.69) is 50.3 Å². The lowest BCUT2D eigenvalue weighted by Gasteiger charge is -2.44. The van der Waals surface area contributed by atoms with Gasteiger partial charge in [-0.05, 0) is 32.6 Å². The summed E-state index contributed by atoms with van der Waals surface area (Å²) in [6, 6.07) is 0. The maximum Gasteiger partial charge on any atom is 0.195 e. The van der Waals surface area contributed by atoms with Crippen LogP contribution in [0.3, 0.4) is 0 Å². The maximum atomic E-state index is 8.89. The summed E-state index contributed by atoms with van der Waals surface area (Å²) < 4.78 is 2.34. The van der Waals surface area contributed by atoms with Gasteiger partial charge in [0.25, 0.3) is 0 Å². The molecule has 35 heavy (non-hydrogen) atoms. The standard InChI is InChI=1S/C17H39N7.2C2H4O2.3CH4/c1-15(2)14-21-17(19)22-16(18)20-8-6-7-9-24(5)12-10-23(3,4)11-13-24;2*1-2(3)4;;;/h15H,6-14H2,1-5H3,(H5,18,19,20,21,22);2*1H3,(H,3,4);3*1H4/q+2;;;;;/p-2. The quantitative estimate of drug-likeness (QED) is 0.182. The first-order valence-corrected chi connectivity index (χ1v) is 11.0. The van der Waals surface area contributed by atoms with Crippen LogP contribution in [0, 0.1) is 5.92 Å². The smallest absolute Gasteiger partial charge is 0.195 e. The SMILES string of the molecule is C.C.C.CC(=O)[O-].CC(=O)[O-].CC(C)CN=C(N)NC(N)=NCCCC[N+]1(C)CC[N+](C)(C)CC1. The first kappa shape index (κ1) is 42.7. The Morgan fingerprint density at radius 1 is 0.857 bits per heavy atom. The minimum Gasteiger partial charge on any atom is -0.550 e. The van der Waals surface area contributed by atoms with E-state index in [1.54, 1.807) is 0 Å². The fraction of sp³-hybridized carbons (Fsp3) is 0.833. The number of quaternary nitrogens is 2. The topological polar surface area (TPSA) is 169 Å². The molecule has 1 saturated heterocycles. The van der Waals surface area contributed by atoms with Gasteiger partial charge in [0.15, 0.2) is 11.9 Å². The fourth-order valence-corrected chi connectivity index (χ4v) is 2.77. The highest BCUT2D eigenvalue weighted by atomic mass is 16.4. The number of aliphatic imine (C=N–C) groups is 2.